The number of nitrogens with one attached hydrogen (secondary N) is 1. The maximum Gasteiger partial charge on any atom is 0.220 e. The summed E-state index contributed by atoms with van der Waals surface area (Å²) in [6, 6.07) is -0.936. The van der Waals surface area contributed by atoms with Gasteiger partial charge in [0.25, 0.3) is 0 Å². The van der Waals surface area contributed by atoms with Crippen LogP contribution in [-0.4, -0.2) is 140 Å². The Morgan fingerprint density at radius 3 is 1.23 bits per heavy atom. The largest absolute Gasteiger partial charge is 0.394 e. The zero-order valence-electron chi connectivity index (χ0n) is 54.8. The second-order valence-electron chi connectivity index (χ2n) is 25.4. The van der Waals surface area contributed by atoms with Gasteiger partial charge in [-0.05, 0) is 64.2 Å². The minimum atomic E-state index is -1.79. The zero-order valence-corrected chi connectivity index (χ0v) is 54.8. The molecule has 12 unspecified atom stereocenters. The molecule has 2 rings (SSSR count). The first kappa shape index (κ1) is 80.0. The molecule has 2 aliphatic heterocycles. The number of rotatable bonds is 59. The molecular weight excluding hydrogens is 1090 g/mol. The van der Waals surface area contributed by atoms with Gasteiger partial charge in [0.2, 0.25) is 5.91 Å². The summed E-state index contributed by atoms with van der Waals surface area (Å²) in [4.78, 5) is 13.3. The number of unbranched alkanes of at least 4 members (excludes halogenated alkanes) is 40. The molecule has 12 atom stereocenters. The minimum absolute atomic E-state index is 0.251. The van der Waals surface area contributed by atoms with Crippen LogP contribution >= 0.6 is 0 Å². The fourth-order valence-electron chi connectivity index (χ4n) is 11.8. The molecule has 0 radical (unpaired) electrons. The van der Waals surface area contributed by atoms with E-state index < -0.39 is 86.8 Å². The summed E-state index contributed by atoms with van der Waals surface area (Å²) in [6.07, 6.45) is 57.5. The van der Waals surface area contributed by atoms with E-state index in [4.69, 9.17) is 18.9 Å². The van der Waals surface area contributed by atoms with E-state index in [1.807, 2.05) is 6.08 Å². The Kier molecular flexibility index (Phi) is 53.0. The van der Waals surface area contributed by atoms with E-state index in [2.05, 4.69) is 55.6 Å². The van der Waals surface area contributed by atoms with Gasteiger partial charge in [-0.25, -0.2) is 0 Å². The van der Waals surface area contributed by atoms with Crippen molar-refractivity contribution in [3.8, 4) is 0 Å². The molecule has 2 heterocycles. The van der Waals surface area contributed by atoms with Crippen LogP contribution in [0.25, 0.3) is 0 Å². The highest BCUT2D eigenvalue weighted by molar-refractivity contribution is 5.76. The van der Waals surface area contributed by atoms with Crippen molar-refractivity contribution in [2.24, 2.45) is 0 Å². The molecule has 0 aliphatic carbocycles. The molecule has 14 heteroatoms. The van der Waals surface area contributed by atoms with Crippen molar-refractivity contribution in [2.45, 2.75) is 383 Å². The van der Waals surface area contributed by atoms with Gasteiger partial charge >= 0.3 is 0 Å². The molecule has 504 valence electrons. The predicted octanol–water partition coefficient (Wildman–Crippen LogP) is 14.7. The number of ether oxygens (including phenoxy) is 4. The molecule has 2 fully saturated rings. The van der Waals surface area contributed by atoms with Crippen molar-refractivity contribution in [1.29, 1.82) is 0 Å². The maximum absolute atomic E-state index is 13.3. The minimum Gasteiger partial charge on any atom is -0.394 e. The lowest BCUT2D eigenvalue weighted by atomic mass is 9.97. The summed E-state index contributed by atoms with van der Waals surface area (Å²) >= 11 is 0. The SMILES string of the molecule is CCCCC/C=C\C/C=C\CCCCCCCCCCCC(=O)NC(COC1OC(CO)C(OC2OC(CO)C(O)C(O)C2O)C(O)C1O)C(O)/C=C/CC/C=C/CCCCCCCCCCCCCCCCCCCCCCCCCCCCC. The van der Waals surface area contributed by atoms with Crippen molar-refractivity contribution >= 4 is 5.91 Å². The number of hydrogen-bond acceptors (Lipinski definition) is 13. The highest BCUT2D eigenvalue weighted by atomic mass is 16.7. The lowest BCUT2D eigenvalue weighted by molar-refractivity contribution is -0.359. The smallest absolute Gasteiger partial charge is 0.220 e. The first-order valence-corrected chi connectivity index (χ1v) is 35.9. The van der Waals surface area contributed by atoms with Crippen LogP contribution in [0.2, 0.25) is 0 Å². The number of allylic oxidation sites excluding steroid dienone is 7. The van der Waals surface area contributed by atoms with E-state index in [0.29, 0.717) is 12.8 Å². The van der Waals surface area contributed by atoms with Gasteiger partial charge in [0.1, 0.15) is 48.8 Å². The van der Waals surface area contributed by atoms with Crippen LogP contribution < -0.4 is 5.32 Å². The van der Waals surface area contributed by atoms with Gasteiger partial charge in [-0.15, -0.1) is 0 Å². The lowest BCUT2D eigenvalue weighted by Gasteiger charge is -2.46. The Bertz CT molecular complexity index is 1630. The lowest BCUT2D eigenvalue weighted by Crippen LogP contribution is -2.65. The van der Waals surface area contributed by atoms with Gasteiger partial charge in [-0.1, -0.05) is 287 Å². The number of carbonyl (C=O) groups is 1. The van der Waals surface area contributed by atoms with Crippen LogP contribution in [-0.2, 0) is 23.7 Å². The maximum atomic E-state index is 13.3. The number of amides is 1. The van der Waals surface area contributed by atoms with Crippen LogP contribution in [0.1, 0.15) is 309 Å². The van der Waals surface area contributed by atoms with Crippen molar-refractivity contribution in [1.82, 2.24) is 5.32 Å². The van der Waals surface area contributed by atoms with Crippen LogP contribution in [0.4, 0.5) is 0 Å². The Hall–Kier alpha value is -2.05. The Morgan fingerprint density at radius 2 is 0.779 bits per heavy atom. The molecule has 0 aromatic rings. The van der Waals surface area contributed by atoms with Gasteiger partial charge in [-0.2, -0.15) is 0 Å². The normalized spacial score (nSPS) is 23.7. The van der Waals surface area contributed by atoms with E-state index in [9.17, 15) is 45.6 Å². The summed E-state index contributed by atoms with van der Waals surface area (Å²) < 4.78 is 22.8. The second kappa shape index (κ2) is 56.9. The first-order chi connectivity index (χ1) is 42.1. The molecule has 14 nitrogen and oxygen atoms in total. The summed E-state index contributed by atoms with van der Waals surface area (Å²) in [5.74, 6) is -0.251. The first-order valence-electron chi connectivity index (χ1n) is 35.9. The average Bonchev–Trinajstić information content (AvgIpc) is 2.46. The van der Waals surface area contributed by atoms with Crippen LogP contribution in [0.5, 0.6) is 0 Å². The summed E-state index contributed by atoms with van der Waals surface area (Å²) in [6.45, 7) is 2.79. The Morgan fingerprint density at radius 1 is 0.419 bits per heavy atom. The number of carbonyl (C=O) groups excluding carboxylic acids is 1. The van der Waals surface area contributed by atoms with Crippen molar-refractivity contribution in [3.05, 3.63) is 48.6 Å². The van der Waals surface area contributed by atoms with Crippen molar-refractivity contribution in [3.63, 3.8) is 0 Å². The Labute approximate surface area is 524 Å². The fourth-order valence-corrected chi connectivity index (χ4v) is 11.8. The van der Waals surface area contributed by atoms with Gasteiger partial charge < -0.3 is 65.1 Å². The molecule has 1 amide bonds. The number of hydrogen-bond donors (Lipinski definition) is 9. The molecule has 2 aliphatic rings. The molecule has 0 spiro atoms. The molecule has 86 heavy (non-hydrogen) atoms. The molecule has 0 aromatic heterocycles. The van der Waals surface area contributed by atoms with Gasteiger partial charge in [0.15, 0.2) is 12.6 Å². The van der Waals surface area contributed by atoms with Gasteiger partial charge in [0.05, 0.1) is 32.0 Å². The Balaban J connectivity index is 1.66. The molecule has 0 saturated carbocycles. The van der Waals surface area contributed by atoms with E-state index in [1.54, 1.807) is 6.08 Å². The predicted molar refractivity (Wildman–Crippen MR) is 351 cm³/mol. The van der Waals surface area contributed by atoms with Gasteiger partial charge in [0, 0.05) is 6.42 Å². The van der Waals surface area contributed by atoms with Crippen molar-refractivity contribution < 1.29 is 64.6 Å². The van der Waals surface area contributed by atoms with E-state index in [-0.39, 0.29) is 18.9 Å². The molecule has 9 N–H and O–H groups in total. The average molecular weight is 1220 g/mol. The quantitative estimate of drug-likeness (QED) is 0.0204. The monoisotopic (exact) mass is 1220 g/mol. The van der Waals surface area contributed by atoms with E-state index in [0.717, 1.165) is 44.9 Å². The molecule has 0 bridgehead atoms. The molecule has 0 aromatic carbocycles. The summed E-state index contributed by atoms with van der Waals surface area (Å²) in [5.41, 5.74) is 0. The van der Waals surface area contributed by atoms with E-state index in [1.165, 1.54) is 231 Å². The van der Waals surface area contributed by atoms with E-state index >= 15 is 0 Å². The zero-order chi connectivity index (χ0) is 62.3. The fraction of sp³-hybridized carbons (Fsp3) is 0.875. The summed E-state index contributed by atoms with van der Waals surface area (Å²) in [7, 11) is 0. The highest BCUT2D eigenvalue weighted by Gasteiger charge is 2.51. The van der Waals surface area contributed by atoms with Crippen LogP contribution in [0, 0.1) is 0 Å². The van der Waals surface area contributed by atoms with Crippen LogP contribution in [0.3, 0.4) is 0 Å². The third-order valence-corrected chi connectivity index (χ3v) is 17.5. The number of aliphatic hydroxyl groups excluding tert-OH is 8. The summed E-state index contributed by atoms with van der Waals surface area (Å²) in [5, 5.41) is 87.4. The third-order valence-electron chi connectivity index (χ3n) is 17.5. The second-order valence-corrected chi connectivity index (χ2v) is 25.4. The highest BCUT2D eigenvalue weighted by Crippen LogP contribution is 2.30. The molecular formula is C72H133NO13. The topological polar surface area (TPSA) is 228 Å². The van der Waals surface area contributed by atoms with Crippen molar-refractivity contribution in [2.75, 3.05) is 19.8 Å². The molecule has 2 saturated heterocycles. The van der Waals surface area contributed by atoms with Crippen LogP contribution in [0.15, 0.2) is 48.6 Å². The van der Waals surface area contributed by atoms with Gasteiger partial charge in [-0.3, -0.25) is 4.79 Å². The standard InChI is InChI=1S/C72H133NO13/c1-3-5-7-9-11-13-15-17-19-21-23-24-25-26-27-28-29-30-31-32-33-34-35-36-38-39-41-43-45-47-49-51-53-55-61(76)60(73-64(77)56-54-52-50-48-46-44-42-40-37-22-20-18-16-14-12-10-8-6-4-2)59-83-71-69(82)67(80)70(63(58-75)85-71)86-72-68(81)66(79)65(78)62(57-74)84-72/h12,14,18,20,45,47,53,55,60-63,65-72,74-76,78-82H,3-11,13,15-17,19,21-44,46,48-52,54,56-59H2,1-2H3,(H,73,77)/b14-12-,20-18-,47-45+,55-53+. The third kappa shape index (κ3) is 40.6. The number of aliphatic hydroxyl groups is 8.